The van der Waals surface area contributed by atoms with Gasteiger partial charge >= 0.3 is 6.03 Å². The standard InChI is InChI=1S/C15H14ClN3O/c16-14-5-3-12(4-6-14)7-9-18-15(20)19-11-13-2-1-8-17-10-13/h1-10H,11H2,(H2,18,19,20)/b9-7+. The van der Waals surface area contributed by atoms with E-state index in [9.17, 15) is 4.79 Å². The molecule has 0 aliphatic carbocycles. The lowest BCUT2D eigenvalue weighted by atomic mass is 10.2. The Bertz CT molecular complexity index is 582. The lowest BCUT2D eigenvalue weighted by Crippen LogP contribution is -2.31. The zero-order valence-corrected chi connectivity index (χ0v) is 11.5. The maximum atomic E-state index is 11.5. The molecule has 1 aromatic carbocycles. The largest absolute Gasteiger partial charge is 0.334 e. The molecule has 0 aliphatic rings. The van der Waals surface area contributed by atoms with Crippen LogP contribution in [0.3, 0.4) is 0 Å². The van der Waals surface area contributed by atoms with Gasteiger partial charge in [-0.25, -0.2) is 4.79 Å². The first-order chi connectivity index (χ1) is 9.74. The van der Waals surface area contributed by atoms with Gasteiger partial charge in [0.05, 0.1) is 0 Å². The van der Waals surface area contributed by atoms with Crippen LogP contribution in [0.15, 0.2) is 55.0 Å². The minimum Gasteiger partial charge on any atom is -0.334 e. The quantitative estimate of drug-likeness (QED) is 0.907. The average molecular weight is 288 g/mol. The van der Waals surface area contributed by atoms with Crippen LogP contribution >= 0.6 is 11.6 Å². The molecule has 5 heteroatoms. The van der Waals surface area contributed by atoms with Crippen molar-refractivity contribution in [3.05, 3.63) is 71.1 Å². The summed E-state index contributed by atoms with van der Waals surface area (Å²) in [5, 5.41) is 6.05. The van der Waals surface area contributed by atoms with Crippen molar-refractivity contribution in [2.45, 2.75) is 6.54 Å². The second-order valence-electron chi connectivity index (χ2n) is 4.07. The number of urea groups is 1. The average Bonchev–Trinajstić information content (AvgIpc) is 2.48. The number of aromatic nitrogens is 1. The summed E-state index contributed by atoms with van der Waals surface area (Å²) in [6.07, 6.45) is 6.78. The molecule has 0 radical (unpaired) electrons. The molecule has 0 saturated heterocycles. The number of halogens is 1. The number of nitrogens with one attached hydrogen (secondary N) is 2. The smallest absolute Gasteiger partial charge is 0.319 e. The normalized spacial score (nSPS) is 10.4. The Morgan fingerprint density at radius 1 is 1.25 bits per heavy atom. The molecule has 0 saturated carbocycles. The number of benzene rings is 1. The zero-order chi connectivity index (χ0) is 14.2. The minimum absolute atomic E-state index is 0.265. The summed E-state index contributed by atoms with van der Waals surface area (Å²) in [7, 11) is 0. The van der Waals surface area contributed by atoms with Crippen LogP contribution in [0.1, 0.15) is 11.1 Å². The third-order valence-electron chi connectivity index (χ3n) is 2.54. The predicted molar refractivity (Wildman–Crippen MR) is 80.1 cm³/mol. The lowest BCUT2D eigenvalue weighted by molar-refractivity contribution is 0.244. The zero-order valence-electron chi connectivity index (χ0n) is 10.7. The van der Waals surface area contributed by atoms with E-state index >= 15 is 0 Å². The van der Waals surface area contributed by atoms with E-state index in [1.54, 1.807) is 36.8 Å². The van der Waals surface area contributed by atoms with Crippen LogP contribution in [0.2, 0.25) is 5.02 Å². The van der Waals surface area contributed by atoms with Gasteiger partial charge in [-0.2, -0.15) is 0 Å². The van der Waals surface area contributed by atoms with Crippen LogP contribution in [0.4, 0.5) is 4.79 Å². The third-order valence-corrected chi connectivity index (χ3v) is 2.79. The molecule has 4 nitrogen and oxygen atoms in total. The van der Waals surface area contributed by atoms with Crippen molar-refractivity contribution >= 4 is 23.7 Å². The highest BCUT2D eigenvalue weighted by Crippen LogP contribution is 2.10. The van der Waals surface area contributed by atoms with Crippen LogP contribution in [-0.4, -0.2) is 11.0 Å². The van der Waals surface area contributed by atoms with Crippen LogP contribution < -0.4 is 10.6 Å². The van der Waals surface area contributed by atoms with Crippen LogP contribution in [0, 0.1) is 0 Å². The van der Waals surface area contributed by atoms with Crippen molar-refractivity contribution in [1.82, 2.24) is 15.6 Å². The highest BCUT2D eigenvalue weighted by atomic mass is 35.5. The predicted octanol–water partition coefficient (Wildman–Crippen LogP) is 3.21. The Balaban J connectivity index is 1.76. The molecule has 20 heavy (non-hydrogen) atoms. The number of carbonyl (C=O) groups excluding carboxylic acids is 1. The summed E-state index contributed by atoms with van der Waals surface area (Å²) in [5.74, 6) is 0. The van der Waals surface area contributed by atoms with E-state index < -0.39 is 0 Å². The molecule has 102 valence electrons. The van der Waals surface area contributed by atoms with Gasteiger partial charge in [-0.15, -0.1) is 0 Å². The fourth-order valence-corrected chi connectivity index (χ4v) is 1.65. The van der Waals surface area contributed by atoms with E-state index in [1.807, 2.05) is 24.3 Å². The third kappa shape index (κ3) is 4.74. The molecule has 2 amide bonds. The van der Waals surface area contributed by atoms with Crippen LogP contribution in [0.5, 0.6) is 0 Å². The summed E-state index contributed by atoms with van der Waals surface area (Å²) in [5.41, 5.74) is 1.91. The number of hydrogen-bond donors (Lipinski definition) is 2. The maximum absolute atomic E-state index is 11.5. The topological polar surface area (TPSA) is 54.0 Å². The molecule has 0 fully saturated rings. The Kier molecular flexibility index (Phi) is 5.15. The highest BCUT2D eigenvalue weighted by Gasteiger charge is 1.97. The van der Waals surface area contributed by atoms with Crippen molar-refractivity contribution in [1.29, 1.82) is 0 Å². The van der Waals surface area contributed by atoms with Gasteiger partial charge < -0.3 is 10.6 Å². The molecular formula is C15H14ClN3O. The molecule has 1 heterocycles. The Hall–Kier alpha value is -2.33. The first-order valence-corrected chi connectivity index (χ1v) is 6.47. The molecular weight excluding hydrogens is 274 g/mol. The van der Waals surface area contributed by atoms with Crippen molar-refractivity contribution < 1.29 is 4.79 Å². The molecule has 0 aliphatic heterocycles. The summed E-state index contributed by atoms with van der Waals surface area (Å²) in [6, 6.07) is 10.8. The van der Waals surface area contributed by atoms with Gasteiger partial charge in [0, 0.05) is 30.2 Å². The lowest BCUT2D eigenvalue weighted by Gasteiger charge is -2.04. The van der Waals surface area contributed by atoms with Gasteiger partial charge in [0.15, 0.2) is 0 Å². The molecule has 2 rings (SSSR count). The number of carbonyl (C=O) groups is 1. The molecule has 0 unspecified atom stereocenters. The van der Waals surface area contributed by atoms with E-state index in [0.717, 1.165) is 11.1 Å². The van der Waals surface area contributed by atoms with Crippen molar-refractivity contribution in [2.75, 3.05) is 0 Å². The van der Waals surface area contributed by atoms with Gasteiger partial charge in [-0.3, -0.25) is 4.98 Å². The van der Waals surface area contributed by atoms with Gasteiger partial charge in [-0.1, -0.05) is 29.8 Å². The summed E-state index contributed by atoms with van der Waals surface area (Å²) in [6.45, 7) is 0.439. The second-order valence-corrected chi connectivity index (χ2v) is 4.51. The fourth-order valence-electron chi connectivity index (χ4n) is 1.52. The number of rotatable bonds is 4. The molecule has 2 aromatic rings. The van der Waals surface area contributed by atoms with Crippen molar-refractivity contribution in [3.8, 4) is 0 Å². The van der Waals surface area contributed by atoms with E-state index in [2.05, 4.69) is 15.6 Å². The molecule has 0 spiro atoms. The summed E-state index contributed by atoms with van der Waals surface area (Å²) in [4.78, 5) is 15.5. The first kappa shape index (κ1) is 14.1. The summed E-state index contributed by atoms with van der Waals surface area (Å²) < 4.78 is 0. The SMILES string of the molecule is O=C(N/C=C/c1ccc(Cl)cc1)NCc1cccnc1. The molecule has 0 bridgehead atoms. The monoisotopic (exact) mass is 287 g/mol. The van der Waals surface area contributed by atoms with Gasteiger partial charge in [0.25, 0.3) is 0 Å². The van der Waals surface area contributed by atoms with Crippen molar-refractivity contribution in [3.63, 3.8) is 0 Å². The minimum atomic E-state index is -0.265. The van der Waals surface area contributed by atoms with Gasteiger partial charge in [-0.05, 0) is 35.4 Å². The summed E-state index contributed by atoms with van der Waals surface area (Å²) >= 11 is 5.79. The van der Waals surface area contributed by atoms with Crippen LogP contribution in [0.25, 0.3) is 6.08 Å². The first-order valence-electron chi connectivity index (χ1n) is 6.09. The van der Waals surface area contributed by atoms with Crippen LogP contribution in [-0.2, 0) is 6.54 Å². The Labute approximate surface area is 122 Å². The van der Waals surface area contributed by atoms with Gasteiger partial charge in [0.1, 0.15) is 0 Å². The van der Waals surface area contributed by atoms with E-state index in [4.69, 9.17) is 11.6 Å². The second kappa shape index (κ2) is 7.31. The Morgan fingerprint density at radius 2 is 2.05 bits per heavy atom. The van der Waals surface area contributed by atoms with Crippen molar-refractivity contribution in [2.24, 2.45) is 0 Å². The Morgan fingerprint density at radius 3 is 2.75 bits per heavy atom. The molecule has 1 aromatic heterocycles. The number of hydrogen-bond acceptors (Lipinski definition) is 2. The number of nitrogens with zero attached hydrogens (tertiary/aromatic N) is 1. The van der Waals surface area contributed by atoms with E-state index in [1.165, 1.54) is 0 Å². The number of amides is 2. The fraction of sp³-hybridized carbons (Fsp3) is 0.0667. The maximum Gasteiger partial charge on any atom is 0.319 e. The van der Waals surface area contributed by atoms with E-state index in [0.29, 0.717) is 11.6 Å². The van der Waals surface area contributed by atoms with Gasteiger partial charge in [0.2, 0.25) is 0 Å². The highest BCUT2D eigenvalue weighted by molar-refractivity contribution is 6.30. The molecule has 0 atom stereocenters. The van der Waals surface area contributed by atoms with E-state index in [-0.39, 0.29) is 6.03 Å². The molecule has 2 N–H and O–H groups in total. The number of pyridine rings is 1.